The molecule has 1 amide bonds. The third kappa shape index (κ3) is 2.25. The molecule has 14 heavy (non-hydrogen) atoms. The Bertz CT molecular complexity index is 208. The highest BCUT2D eigenvalue weighted by atomic mass is 16.3. The maximum absolute atomic E-state index is 11.6. The Morgan fingerprint density at radius 2 is 1.86 bits per heavy atom. The van der Waals surface area contributed by atoms with Crippen LogP contribution < -0.4 is 10.6 Å². The summed E-state index contributed by atoms with van der Waals surface area (Å²) in [5, 5.41) is 15.4. The Balaban J connectivity index is 1.71. The van der Waals surface area contributed by atoms with Gasteiger partial charge in [0.05, 0.1) is 12.0 Å². The van der Waals surface area contributed by atoms with Crippen molar-refractivity contribution < 1.29 is 9.90 Å². The van der Waals surface area contributed by atoms with Crippen LogP contribution in [0.4, 0.5) is 0 Å². The minimum atomic E-state index is -0.145. The lowest BCUT2D eigenvalue weighted by atomic mass is 9.92. The van der Waals surface area contributed by atoms with E-state index in [9.17, 15) is 9.90 Å². The molecule has 0 aromatic carbocycles. The fraction of sp³-hybridized carbons (Fsp3) is 0.900. The van der Waals surface area contributed by atoms with Crippen LogP contribution in [0.1, 0.15) is 25.7 Å². The summed E-state index contributed by atoms with van der Waals surface area (Å²) in [6.45, 7) is 1.64. The molecule has 2 aliphatic rings. The lowest BCUT2D eigenvalue weighted by Gasteiger charge is -2.31. The molecule has 1 heterocycles. The second-order valence-corrected chi connectivity index (χ2v) is 4.37. The zero-order valence-electron chi connectivity index (χ0n) is 8.33. The standard InChI is InChI=1S/C10H18N2O2/c13-9-3-1-8(2-4-9)12-10(14)7-5-11-6-7/h7-9,11,13H,1-6H2,(H,12,14). The van der Waals surface area contributed by atoms with Gasteiger partial charge in [0.1, 0.15) is 0 Å². The summed E-state index contributed by atoms with van der Waals surface area (Å²) in [6.07, 6.45) is 3.36. The molecule has 1 aliphatic heterocycles. The van der Waals surface area contributed by atoms with Crippen LogP contribution in [0, 0.1) is 5.92 Å². The summed E-state index contributed by atoms with van der Waals surface area (Å²) < 4.78 is 0. The van der Waals surface area contributed by atoms with E-state index in [0.717, 1.165) is 38.8 Å². The lowest BCUT2D eigenvalue weighted by molar-refractivity contribution is -0.127. The molecule has 0 atom stereocenters. The van der Waals surface area contributed by atoms with Crippen LogP contribution in [0.3, 0.4) is 0 Å². The molecule has 2 fully saturated rings. The minimum Gasteiger partial charge on any atom is -0.393 e. The average molecular weight is 198 g/mol. The van der Waals surface area contributed by atoms with Gasteiger partial charge >= 0.3 is 0 Å². The van der Waals surface area contributed by atoms with Gasteiger partial charge in [0.15, 0.2) is 0 Å². The molecule has 0 aromatic rings. The maximum atomic E-state index is 11.6. The number of hydrogen-bond donors (Lipinski definition) is 3. The van der Waals surface area contributed by atoms with Gasteiger partial charge < -0.3 is 15.7 Å². The first-order chi connectivity index (χ1) is 6.75. The van der Waals surface area contributed by atoms with Gasteiger partial charge in [-0.3, -0.25) is 4.79 Å². The minimum absolute atomic E-state index is 0.145. The number of nitrogens with one attached hydrogen (secondary N) is 2. The molecular formula is C10H18N2O2. The summed E-state index contributed by atoms with van der Waals surface area (Å²) in [7, 11) is 0. The van der Waals surface area contributed by atoms with Gasteiger partial charge in [0, 0.05) is 19.1 Å². The SMILES string of the molecule is O=C(NC1CCC(O)CC1)C1CNC1. The summed E-state index contributed by atoms with van der Waals surface area (Å²) >= 11 is 0. The first-order valence-corrected chi connectivity index (χ1v) is 5.45. The molecule has 4 nitrogen and oxygen atoms in total. The molecule has 4 heteroatoms. The molecule has 3 N–H and O–H groups in total. The Labute approximate surface area is 84.1 Å². The zero-order valence-corrected chi connectivity index (χ0v) is 8.33. The predicted octanol–water partition coefficient (Wildman–Crippen LogP) is -0.375. The van der Waals surface area contributed by atoms with Crippen molar-refractivity contribution >= 4 is 5.91 Å². The van der Waals surface area contributed by atoms with Crippen LogP contribution >= 0.6 is 0 Å². The van der Waals surface area contributed by atoms with Crippen molar-refractivity contribution in [2.24, 2.45) is 5.92 Å². The highest BCUT2D eigenvalue weighted by molar-refractivity contribution is 5.80. The number of aliphatic hydroxyl groups excluding tert-OH is 1. The van der Waals surface area contributed by atoms with Gasteiger partial charge in [-0.2, -0.15) is 0 Å². The molecule has 0 bridgehead atoms. The van der Waals surface area contributed by atoms with Crippen LogP contribution in [0.15, 0.2) is 0 Å². The van der Waals surface area contributed by atoms with Crippen molar-refractivity contribution in [3.8, 4) is 0 Å². The van der Waals surface area contributed by atoms with Crippen molar-refractivity contribution in [1.29, 1.82) is 0 Å². The predicted molar refractivity (Wildman–Crippen MR) is 52.8 cm³/mol. The van der Waals surface area contributed by atoms with Crippen LogP contribution in [-0.2, 0) is 4.79 Å². The molecular weight excluding hydrogens is 180 g/mol. The Kier molecular flexibility index (Phi) is 3.03. The molecule has 0 spiro atoms. The van der Waals surface area contributed by atoms with Crippen molar-refractivity contribution in [2.45, 2.75) is 37.8 Å². The van der Waals surface area contributed by atoms with Crippen molar-refractivity contribution in [1.82, 2.24) is 10.6 Å². The van der Waals surface area contributed by atoms with E-state index in [1.807, 2.05) is 0 Å². The summed E-state index contributed by atoms with van der Waals surface area (Å²) in [5.41, 5.74) is 0. The van der Waals surface area contributed by atoms with Crippen LogP contribution in [-0.4, -0.2) is 36.2 Å². The highest BCUT2D eigenvalue weighted by Gasteiger charge is 2.28. The van der Waals surface area contributed by atoms with E-state index in [2.05, 4.69) is 10.6 Å². The van der Waals surface area contributed by atoms with Gasteiger partial charge in [-0.05, 0) is 25.7 Å². The van der Waals surface area contributed by atoms with E-state index in [1.165, 1.54) is 0 Å². The number of carbonyl (C=O) groups excluding carboxylic acids is 1. The fourth-order valence-corrected chi connectivity index (χ4v) is 2.01. The van der Waals surface area contributed by atoms with Gasteiger partial charge in [0.2, 0.25) is 5.91 Å². The molecule has 80 valence electrons. The third-order valence-electron chi connectivity index (χ3n) is 3.20. The zero-order chi connectivity index (χ0) is 9.97. The average Bonchev–Trinajstić information content (AvgIpc) is 2.06. The quantitative estimate of drug-likeness (QED) is 0.567. The topological polar surface area (TPSA) is 61.4 Å². The maximum Gasteiger partial charge on any atom is 0.225 e. The number of aliphatic hydroxyl groups is 1. The monoisotopic (exact) mass is 198 g/mol. The Hall–Kier alpha value is -0.610. The van der Waals surface area contributed by atoms with Crippen LogP contribution in [0.2, 0.25) is 0 Å². The van der Waals surface area contributed by atoms with E-state index < -0.39 is 0 Å². The number of amides is 1. The summed E-state index contributed by atoms with van der Waals surface area (Å²) in [6, 6.07) is 0.298. The van der Waals surface area contributed by atoms with E-state index in [0.29, 0.717) is 6.04 Å². The van der Waals surface area contributed by atoms with Crippen molar-refractivity contribution in [3.05, 3.63) is 0 Å². The molecule has 0 aromatic heterocycles. The molecule has 1 aliphatic carbocycles. The van der Waals surface area contributed by atoms with E-state index >= 15 is 0 Å². The van der Waals surface area contributed by atoms with E-state index in [-0.39, 0.29) is 17.9 Å². The smallest absolute Gasteiger partial charge is 0.225 e. The van der Waals surface area contributed by atoms with Crippen LogP contribution in [0.25, 0.3) is 0 Å². The fourth-order valence-electron chi connectivity index (χ4n) is 2.01. The molecule has 2 rings (SSSR count). The number of rotatable bonds is 2. The summed E-state index contributed by atoms with van der Waals surface area (Å²) in [5.74, 6) is 0.368. The Morgan fingerprint density at radius 1 is 1.21 bits per heavy atom. The first kappa shape index (κ1) is 9.93. The number of carbonyl (C=O) groups is 1. The Morgan fingerprint density at radius 3 is 2.36 bits per heavy atom. The van der Waals surface area contributed by atoms with Gasteiger partial charge in [0.25, 0.3) is 0 Å². The number of hydrogen-bond acceptors (Lipinski definition) is 3. The third-order valence-corrected chi connectivity index (χ3v) is 3.20. The van der Waals surface area contributed by atoms with E-state index in [4.69, 9.17) is 0 Å². The first-order valence-electron chi connectivity index (χ1n) is 5.45. The van der Waals surface area contributed by atoms with E-state index in [1.54, 1.807) is 0 Å². The lowest BCUT2D eigenvalue weighted by Crippen LogP contribution is -2.53. The normalized spacial score (nSPS) is 33.5. The van der Waals surface area contributed by atoms with Crippen LogP contribution in [0.5, 0.6) is 0 Å². The van der Waals surface area contributed by atoms with Crippen molar-refractivity contribution in [2.75, 3.05) is 13.1 Å². The van der Waals surface area contributed by atoms with Crippen molar-refractivity contribution in [3.63, 3.8) is 0 Å². The summed E-state index contributed by atoms with van der Waals surface area (Å²) in [4.78, 5) is 11.6. The second kappa shape index (κ2) is 4.28. The highest BCUT2D eigenvalue weighted by Crippen LogP contribution is 2.18. The molecule has 0 radical (unpaired) electrons. The van der Waals surface area contributed by atoms with Gasteiger partial charge in [-0.15, -0.1) is 0 Å². The molecule has 1 saturated heterocycles. The molecule has 0 unspecified atom stereocenters. The van der Waals surface area contributed by atoms with Gasteiger partial charge in [-0.25, -0.2) is 0 Å². The molecule has 1 saturated carbocycles. The van der Waals surface area contributed by atoms with Gasteiger partial charge in [-0.1, -0.05) is 0 Å². The second-order valence-electron chi connectivity index (χ2n) is 4.37. The largest absolute Gasteiger partial charge is 0.393 e.